The Labute approximate surface area is 104 Å². The average Bonchev–Trinajstić information content (AvgIpc) is 2.09. The first-order chi connectivity index (χ1) is 4.95. The van der Waals surface area contributed by atoms with Gasteiger partial charge in [0.25, 0.3) is 1.68 Å². The van der Waals surface area contributed by atoms with Crippen molar-refractivity contribution >= 4 is 68.0 Å². The minimum atomic E-state index is -0.418. The van der Waals surface area contributed by atoms with Crippen LogP contribution < -0.4 is 5.32 Å². The van der Waals surface area contributed by atoms with Crippen molar-refractivity contribution in [3.8, 4) is 0 Å². The van der Waals surface area contributed by atoms with Gasteiger partial charge in [-0.25, -0.2) is 0 Å². The highest BCUT2D eigenvalue weighted by Crippen LogP contribution is 2.39. The van der Waals surface area contributed by atoms with E-state index in [9.17, 15) is 10.1 Å². The van der Waals surface area contributed by atoms with Gasteiger partial charge in [0, 0.05) is 45.2 Å². The molecule has 5 nitrogen and oxygen atoms in total. The molecule has 11 heavy (non-hydrogen) atoms. The molecule has 0 saturated carbocycles. The lowest BCUT2D eigenvalue weighted by Crippen LogP contribution is -2.35. The van der Waals surface area contributed by atoms with Crippen LogP contribution in [-0.2, 0) is 0 Å². The van der Waals surface area contributed by atoms with Gasteiger partial charge >= 0.3 is 5.82 Å². The fraction of sp³-hybridized carbons (Fsp3) is 0.333. The van der Waals surface area contributed by atoms with Crippen molar-refractivity contribution in [3.05, 3.63) is 22.1 Å². The van der Waals surface area contributed by atoms with E-state index in [4.69, 9.17) is 0 Å². The molecule has 8 heteroatoms. The highest BCUT2D eigenvalue weighted by Gasteiger charge is 2.44. The molecule has 0 aromatic carbocycles. The van der Waals surface area contributed by atoms with Crippen molar-refractivity contribution in [1.29, 1.82) is 0 Å². The molecule has 0 fully saturated rings. The van der Waals surface area contributed by atoms with Crippen molar-refractivity contribution in [2.24, 2.45) is 0 Å². The Morgan fingerprint density at radius 3 is 2.45 bits per heavy atom. The lowest BCUT2D eigenvalue weighted by Gasteiger charge is -2.17. The molecule has 1 aliphatic rings. The fourth-order valence-corrected chi connectivity index (χ4v) is 1.79. The van der Waals surface area contributed by atoms with E-state index in [-0.39, 0.29) is 5.82 Å². The molecule has 0 amide bonds. The number of nitrogens with zero attached hydrogens (tertiary/aromatic N) is 2. The Balaban J connectivity index is 2.83. The number of rotatable bonds is 1. The van der Waals surface area contributed by atoms with Gasteiger partial charge in [-0.3, -0.25) is 0 Å². The highest BCUT2D eigenvalue weighted by atomic mass is 127. The number of halogens is 3. The van der Waals surface area contributed by atoms with Gasteiger partial charge in [0.05, 0.1) is 6.20 Å². The molecule has 0 unspecified atom stereocenters. The number of alkyl halides is 2. The molecule has 1 aliphatic heterocycles. The Morgan fingerprint density at radius 2 is 2.27 bits per heavy atom. The van der Waals surface area contributed by atoms with Gasteiger partial charge in [-0.05, 0) is 4.92 Å². The molecule has 1 heterocycles. The fourth-order valence-electron chi connectivity index (χ4n) is 0.533. The molecule has 0 spiro atoms. The summed E-state index contributed by atoms with van der Waals surface area (Å²) in [5.74, 6) is 0.0781. The monoisotopic (exact) mass is 493 g/mol. The Kier molecular flexibility index (Phi) is 3.05. The van der Waals surface area contributed by atoms with Crippen LogP contribution in [0.2, 0.25) is 0 Å². The molecule has 0 aliphatic carbocycles. The van der Waals surface area contributed by atoms with E-state index in [1.807, 2.05) is 22.9 Å². The first-order valence-electron chi connectivity index (χ1n) is 2.41. The van der Waals surface area contributed by atoms with E-state index < -0.39 is 6.60 Å². The van der Waals surface area contributed by atoms with Gasteiger partial charge in [0.1, 0.15) is 0 Å². The van der Waals surface area contributed by atoms with Crippen LogP contribution in [0.3, 0.4) is 0 Å². The summed E-state index contributed by atoms with van der Waals surface area (Å²) in [7, 11) is 0. The molecule has 0 bridgehead atoms. The second-order valence-corrected chi connectivity index (χ2v) is 7.88. The summed E-state index contributed by atoms with van der Waals surface area (Å²) in [6.07, 6.45) is 1.39. The summed E-state index contributed by atoms with van der Waals surface area (Å²) in [5.41, 5.74) is 0. The number of nitrogens with one attached hydrogen (secondary N) is 1. The van der Waals surface area contributed by atoms with Gasteiger partial charge in [-0.1, -0.05) is 0 Å². The van der Waals surface area contributed by atoms with E-state index in [1.54, 1.807) is 0 Å². The van der Waals surface area contributed by atoms with Crippen LogP contribution >= 0.6 is 68.0 Å². The Bertz CT molecular complexity index is 228. The van der Waals surface area contributed by atoms with Crippen molar-refractivity contribution in [2.45, 2.75) is 1.68 Å². The van der Waals surface area contributed by atoms with Crippen LogP contribution in [0.4, 0.5) is 0 Å². The summed E-state index contributed by atoms with van der Waals surface area (Å²) >= 11 is 6.05. The average molecular weight is 493 g/mol. The molecule has 1 N–H and O–H groups in total. The van der Waals surface area contributed by atoms with E-state index in [0.29, 0.717) is 0 Å². The van der Waals surface area contributed by atoms with E-state index >= 15 is 0 Å². The van der Waals surface area contributed by atoms with Crippen LogP contribution in [0.1, 0.15) is 0 Å². The van der Waals surface area contributed by atoms with Crippen LogP contribution in [0.15, 0.2) is 12.0 Å². The van der Waals surface area contributed by atoms with Crippen LogP contribution in [0.25, 0.3) is 0 Å². The van der Waals surface area contributed by atoms with Gasteiger partial charge in [-0.2, -0.15) is 3.11 Å². The number of nitro groups is 1. The maximum atomic E-state index is 10.3. The van der Waals surface area contributed by atoms with Crippen molar-refractivity contribution < 1.29 is 4.92 Å². The highest BCUT2D eigenvalue weighted by molar-refractivity contribution is 14.2. The molecule has 0 atom stereocenters. The van der Waals surface area contributed by atoms with E-state index in [0.717, 1.165) is 0 Å². The molecule has 0 aromatic rings. The summed E-state index contributed by atoms with van der Waals surface area (Å²) in [6.45, 7) is 0. The largest absolute Gasteiger partial charge is 0.358 e. The van der Waals surface area contributed by atoms with Crippen molar-refractivity contribution in [3.63, 3.8) is 0 Å². The quantitative estimate of drug-likeness (QED) is 0.151. The van der Waals surface area contributed by atoms with Crippen molar-refractivity contribution in [1.82, 2.24) is 8.43 Å². The maximum Gasteiger partial charge on any atom is 0.346 e. The Morgan fingerprint density at radius 1 is 1.73 bits per heavy atom. The summed E-state index contributed by atoms with van der Waals surface area (Å²) in [6, 6.07) is 0. The Hall–Kier alpha value is 0.930. The molecule has 1 rings (SSSR count). The summed E-state index contributed by atoms with van der Waals surface area (Å²) in [4.78, 5) is 9.93. The maximum absolute atomic E-state index is 10.3. The lowest BCUT2D eigenvalue weighted by atomic mass is 10.8. The molecule has 0 radical (unpaired) electrons. The van der Waals surface area contributed by atoms with Crippen LogP contribution in [0.5, 0.6) is 0 Å². The van der Waals surface area contributed by atoms with Crippen LogP contribution in [0, 0.1) is 10.1 Å². The predicted octanol–water partition coefficient (Wildman–Crippen LogP) is 1.80. The lowest BCUT2D eigenvalue weighted by molar-refractivity contribution is -0.437. The van der Waals surface area contributed by atoms with Gasteiger partial charge in [0.2, 0.25) is 22.9 Å². The minimum absolute atomic E-state index is 0.0781. The zero-order chi connectivity index (χ0) is 8.65. The second kappa shape index (κ2) is 3.35. The zero-order valence-corrected chi connectivity index (χ0v) is 11.4. The number of hydrogen-bond donors (Lipinski definition) is 1. The van der Waals surface area contributed by atoms with E-state index in [2.05, 4.69) is 50.5 Å². The molecule has 0 aromatic heterocycles. The first kappa shape index (κ1) is 10.0. The molecule has 0 saturated heterocycles. The first-order valence-corrected chi connectivity index (χ1v) is 5.53. The van der Waals surface area contributed by atoms with Gasteiger partial charge < -0.3 is 15.4 Å². The molecular weight excluding hydrogens is 491 g/mol. The normalized spacial score (nSPS) is 21.0. The summed E-state index contributed by atoms with van der Waals surface area (Å²) in [5, 5.41) is 13.2. The number of hydrogen-bond acceptors (Lipinski definition) is 4. The van der Waals surface area contributed by atoms with Crippen molar-refractivity contribution in [2.75, 3.05) is 0 Å². The predicted molar refractivity (Wildman–Crippen MR) is 64.8 cm³/mol. The smallest absolute Gasteiger partial charge is 0.346 e. The third-order valence-corrected chi connectivity index (χ3v) is 5.66. The van der Waals surface area contributed by atoms with Crippen LogP contribution in [-0.4, -0.2) is 9.71 Å². The second-order valence-electron chi connectivity index (χ2n) is 1.73. The SMILES string of the molecule is O=[N+]([O-])C1=CNC(I)(I)N1I. The minimum Gasteiger partial charge on any atom is -0.358 e. The molecular formula is C3H2I3N3O2. The standard InChI is InChI=1S/C3H2I3N3O2/c4-3(5)7-1-2(8(3)6)9(10)11/h1,7H. The van der Waals surface area contributed by atoms with E-state index in [1.165, 1.54) is 9.31 Å². The third-order valence-electron chi connectivity index (χ3n) is 1.01. The molecule has 62 valence electrons. The third kappa shape index (κ3) is 1.99. The zero-order valence-electron chi connectivity index (χ0n) is 4.92. The van der Waals surface area contributed by atoms with Gasteiger partial charge in [-0.15, -0.1) is 0 Å². The summed E-state index contributed by atoms with van der Waals surface area (Å²) < 4.78 is 1.12. The topological polar surface area (TPSA) is 58.4 Å². The van der Waals surface area contributed by atoms with Gasteiger partial charge in [0.15, 0.2) is 0 Å².